The van der Waals surface area contributed by atoms with E-state index in [0.717, 1.165) is 0 Å². The highest BCUT2D eigenvalue weighted by atomic mass is 35.5. The van der Waals surface area contributed by atoms with Crippen molar-refractivity contribution in [3.05, 3.63) is 38.4 Å². The molecule has 1 aromatic carbocycles. The molecule has 8 heteroatoms. The van der Waals surface area contributed by atoms with Gasteiger partial charge in [-0.3, -0.25) is 14.9 Å². The number of benzene rings is 1. The van der Waals surface area contributed by atoms with E-state index in [-0.39, 0.29) is 19.6 Å². The highest BCUT2D eigenvalue weighted by molar-refractivity contribution is 6.37. The fourth-order valence-electron chi connectivity index (χ4n) is 1.68. The maximum Gasteiger partial charge on any atom is 0.316 e. The van der Waals surface area contributed by atoms with Crippen LogP contribution in [0.4, 0.5) is 0 Å². The fourth-order valence-corrected chi connectivity index (χ4v) is 2.19. The monoisotopic (exact) mass is 319 g/mol. The zero-order valence-electron chi connectivity index (χ0n) is 10.3. The molecule has 0 saturated heterocycles. The lowest BCUT2D eigenvalue weighted by Gasteiger charge is -2.09. The first-order valence-electron chi connectivity index (χ1n) is 5.87. The zero-order valence-corrected chi connectivity index (χ0v) is 11.8. The van der Waals surface area contributed by atoms with Crippen LogP contribution in [0.3, 0.4) is 0 Å². The van der Waals surface area contributed by atoms with E-state index < -0.39 is 22.9 Å². The van der Waals surface area contributed by atoms with Crippen molar-refractivity contribution < 1.29 is 19.2 Å². The van der Waals surface area contributed by atoms with Crippen LogP contribution in [-0.4, -0.2) is 30.1 Å². The maximum absolute atomic E-state index is 11.4. The van der Waals surface area contributed by atoms with Gasteiger partial charge in [-0.2, -0.15) is 0 Å². The summed E-state index contributed by atoms with van der Waals surface area (Å²) < 4.78 is 10.2. The summed E-state index contributed by atoms with van der Waals surface area (Å²) in [6.07, 6.45) is 0.239. The van der Waals surface area contributed by atoms with Crippen LogP contribution in [-0.2, 0) is 9.53 Å². The minimum Gasteiger partial charge on any atom is -0.487 e. The van der Waals surface area contributed by atoms with Crippen molar-refractivity contribution in [2.75, 3.05) is 13.2 Å². The second kappa shape index (κ2) is 6.28. The van der Waals surface area contributed by atoms with Gasteiger partial charge in [0.2, 0.25) is 6.04 Å². The lowest BCUT2D eigenvalue weighted by atomic mass is 10.3. The van der Waals surface area contributed by atoms with Crippen LogP contribution in [0.1, 0.15) is 6.42 Å². The van der Waals surface area contributed by atoms with E-state index in [4.69, 9.17) is 32.7 Å². The van der Waals surface area contributed by atoms with E-state index in [1.165, 1.54) is 0 Å². The van der Waals surface area contributed by atoms with Crippen LogP contribution in [0.2, 0.25) is 10.0 Å². The molecule has 2 rings (SSSR count). The number of hydrogen-bond acceptors (Lipinski definition) is 5. The lowest BCUT2D eigenvalue weighted by Crippen LogP contribution is -2.17. The molecule has 6 nitrogen and oxygen atoms in total. The van der Waals surface area contributed by atoms with E-state index in [9.17, 15) is 14.9 Å². The average molecular weight is 320 g/mol. The molecule has 1 aliphatic carbocycles. The Hall–Kier alpha value is -1.53. The average Bonchev–Trinajstić information content (AvgIpc) is 3.17. The molecule has 108 valence electrons. The Bertz CT molecular complexity index is 516. The van der Waals surface area contributed by atoms with Gasteiger partial charge in [-0.15, -0.1) is 0 Å². The molecule has 0 amide bonds. The minimum absolute atomic E-state index is 0.0126. The van der Waals surface area contributed by atoms with E-state index in [1.54, 1.807) is 18.2 Å². The van der Waals surface area contributed by atoms with Gasteiger partial charge in [-0.05, 0) is 12.1 Å². The Kier molecular flexibility index (Phi) is 4.67. The van der Waals surface area contributed by atoms with Crippen molar-refractivity contribution in [2.24, 2.45) is 5.92 Å². The van der Waals surface area contributed by atoms with Gasteiger partial charge in [0.05, 0.1) is 10.0 Å². The summed E-state index contributed by atoms with van der Waals surface area (Å²) >= 11 is 11.8. The fraction of sp³-hybridized carbons (Fsp3) is 0.417. The first-order chi connectivity index (χ1) is 9.50. The van der Waals surface area contributed by atoms with E-state index in [1.807, 2.05) is 0 Å². The quantitative estimate of drug-likeness (QED) is 0.348. The van der Waals surface area contributed by atoms with Crippen molar-refractivity contribution in [3.8, 4) is 5.75 Å². The van der Waals surface area contributed by atoms with Gasteiger partial charge in [-0.25, -0.2) is 0 Å². The molecule has 1 fully saturated rings. The smallest absolute Gasteiger partial charge is 0.316 e. The number of halogens is 2. The summed E-state index contributed by atoms with van der Waals surface area (Å²) in [5, 5.41) is 11.1. The molecule has 20 heavy (non-hydrogen) atoms. The number of esters is 1. The molecule has 0 bridgehead atoms. The zero-order chi connectivity index (χ0) is 14.7. The van der Waals surface area contributed by atoms with Crippen LogP contribution in [0.15, 0.2) is 18.2 Å². The Morgan fingerprint density at radius 2 is 2.00 bits per heavy atom. The SMILES string of the molecule is O=C(OCCOc1c(Cl)cccc1Cl)C1CC1[N+](=O)[O-]. The van der Waals surface area contributed by atoms with Gasteiger partial charge in [0.25, 0.3) is 0 Å². The summed E-state index contributed by atoms with van der Waals surface area (Å²) in [7, 11) is 0. The summed E-state index contributed by atoms with van der Waals surface area (Å²) in [5.41, 5.74) is 0. The largest absolute Gasteiger partial charge is 0.487 e. The predicted molar refractivity (Wildman–Crippen MR) is 71.8 cm³/mol. The Morgan fingerprint density at radius 3 is 2.55 bits per heavy atom. The normalized spacial score (nSPS) is 20.3. The number of nitro groups is 1. The molecule has 1 aliphatic rings. The topological polar surface area (TPSA) is 78.7 Å². The number of para-hydroxylation sites is 1. The maximum atomic E-state index is 11.4. The first kappa shape index (κ1) is 14.9. The molecule has 1 saturated carbocycles. The third kappa shape index (κ3) is 3.52. The standard InChI is InChI=1S/C12H11Cl2NO5/c13-8-2-1-3-9(14)11(8)19-4-5-20-12(16)7-6-10(7)15(17)18/h1-3,7,10H,4-6H2. The number of rotatable bonds is 6. The van der Waals surface area contributed by atoms with Crippen molar-refractivity contribution in [1.29, 1.82) is 0 Å². The molecule has 0 radical (unpaired) electrons. The molecule has 2 unspecified atom stereocenters. The van der Waals surface area contributed by atoms with Crippen LogP contribution >= 0.6 is 23.2 Å². The highest BCUT2D eigenvalue weighted by Crippen LogP contribution is 2.34. The van der Waals surface area contributed by atoms with Gasteiger partial charge in [-0.1, -0.05) is 29.3 Å². The minimum atomic E-state index is -0.804. The van der Waals surface area contributed by atoms with Crippen LogP contribution in [0.25, 0.3) is 0 Å². The second-order valence-corrected chi connectivity index (χ2v) is 5.08. The Labute approximate surface area is 124 Å². The molecule has 0 heterocycles. The van der Waals surface area contributed by atoms with Crippen LogP contribution in [0.5, 0.6) is 5.75 Å². The van der Waals surface area contributed by atoms with Crippen molar-refractivity contribution in [1.82, 2.24) is 0 Å². The highest BCUT2D eigenvalue weighted by Gasteiger charge is 2.54. The van der Waals surface area contributed by atoms with Crippen LogP contribution in [0, 0.1) is 16.0 Å². The molecule has 0 N–H and O–H groups in total. The molecule has 0 aliphatic heterocycles. The molecular weight excluding hydrogens is 309 g/mol. The Morgan fingerprint density at radius 1 is 1.35 bits per heavy atom. The summed E-state index contributed by atoms with van der Waals surface area (Å²) in [5.74, 6) is -0.879. The van der Waals surface area contributed by atoms with E-state index in [0.29, 0.717) is 15.8 Å². The van der Waals surface area contributed by atoms with Crippen LogP contribution < -0.4 is 4.74 Å². The van der Waals surface area contributed by atoms with E-state index in [2.05, 4.69) is 0 Å². The number of hydrogen-bond donors (Lipinski definition) is 0. The number of ether oxygens (including phenoxy) is 2. The summed E-state index contributed by atoms with van der Waals surface area (Å²) in [6.45, 7) is 0.0619. The molecular formula is C12H11Cl2NO5. The first-order valence-corrected chi connectivity index (χ1v) is 6.63. The summed E-state index contributed by atoms with van der Waals surface area (Å²) in [6, 6.07) is 4.13. The molecule has 0 aromatic heterocycles. The third-order valence-corrected chi connectivity index (χ3v) is 3.42. The lowest BCUT2D eigenvalue weighted by molar-refractivity contribution is -0.497. The van der Waals surface area contributed by atoms with Gasteiger partial charge in [0.15, 0.2) is 5.75 Å². The second-order valence-electron chi connectivity index (χ2n) is 4.26. The number of nitrogens with zero attached hydrogens (tertiary/aromatic N) is 1. The molecule has 1 aromatic rings. The summed E-state index contributed by atoms with van der Waals surface area (Å²) in [4.78, 5) is 21.4. The number of carbonyl (C=O) groups is 1. The molecule has 2 atom stereocenters. The van der Waals surface area contributed by atoms with Gasteiger partial charge >= 0.3 is 5.97 Å². The van der Waals surface area contributed by atoms with Gasteiger partial charge in [0.1, 0.15) is 19.1 Å². The Balaban J connectivity index is 1.72. The van der Waals surface area contributed by atoms with Crippen molar-refractivity contribution >= 4 is 29.2 Å². The van der Waals surface area contributed by atoms with Crippen molar-refractivity contribution in [2.45, 2.75) is 12.5 Å². The van der Waals surface area contributed by atoms with Crippen molar-refractivity contribution in [3.63, 3.8) is 0 Å². The molecule has 0 spiro atoms. The van der Waals surface area contributed by atoms with Gasteiger partial charge < -0.3 is 9.47 Å². The number of carbonyl (C=O) groups excluding carboxylic acids is 1. The predicted octanol–water partition coefficient (Wildman–Crippen LogP) is 2.58. The van der Waals surface area contributed by atoms with Gasteiger partial charge in [0, 0.05) is 11.3 Å². The van der Waals surface area contributed by atoms with E-state index >= 15 is 0 Å². The third-order valence-electron chi connectivity index (χ3n) is 2.82.